The molecule has 0 radical (unpaired) electrons. The van der Waals surface area contributed by atoms with Gasteiger partial charge in [-0.3, -0.25) is 0 Å². The Morgan fingerprint density at radius 2 is 0.786 bits per heavy atom. The fourth-order valence-electron chi connectivity index (χ4n) is 6.27. The highest BCUT2D eigenvalue weighted by atomic mass is 32.2. The minimum atomic E-state index is -1.00. The van der Waals surface area contributed by atoms with Crippen molar-refractivity contribution in [2.45, 2.75) is 20.1 Å². The SMILES string of the molecule is Oc1ccc([SH](c2ccc(O)cc2)c2ccc3c(c2)-c2ccccc2C3(c2ccc(O)cc2)c2ccc(O)cc2)cc1. The van der Waals surface area contributed by atoms with Gasteiger partial charge in [-0.1, -0.05) is 54.6 Å². The average molecular weight is 569 g/mol. The highest BCUT2D eigenvalue weighted by molar-refractivity contribution is 8.17. The van der Waals surface area contributed by atoms with E-state index in [0.29, 0.717) is 0 Å². The first-order chi connectivity index (χ1) is 20.4. The van der Waals surface area contributed by atoms with Gasteiger partial charge in [0.05, 0.1) is 5.41 Å². The molecule has 7 rings (SSSR count). The number of rotatable bonds is 5. The second kappa shape index (κ2) is 10.1. The minimum Gasteiger partial charge on any atom is -0.508 e. The molecule has 206 valence electrons. The van der Waals surface area contributed by atoms with Crippen LogP contribution in [0.4, 0.5) is 0 Å². The first-order valence-corrected chi connectivity index (χ1v) is 15.0. The number of hydrogen-bond acceptors (Lipinski definition) is 4. The molecule has 6 aromatic carbocycles. The van der Waals surface area contributed by atoms with Crippen LogP contribution in [-0.2, 0) is 5.41 Å². The van der Waals surface area contributed by atoms with Gasteiger partial charge >= 0.3 is 0 Å². The zero-order chi connectivity index (χ0) is 28.8. The molecule has 0 saturated carbocycles. The van der Waals surface area contributed by atoms with Crippen molar-refractivity contribution >= 4 is 10.9 Å². The number of phenolic OH excluding ortho intramolecular Hbond substituents is 4. The van der Waals surface area contributed by atoms with E-state index < -0.39 is 16.3 Å². The Morgan fingerprint density at radius 1 is 0.381 bits per heavy atom. The molecule has 42 heavy (non-hydrogen) atoms. The van der Waals surface area contributed by atoms with E-state index in [2.05, 4.69) is 42.5 Å². The summed E-state index contributed by atoms with van der Waals surface area (Å²) in [7, 11) is -1.00. The topological polar surface area (TPSA) is 80.9 Å². The van der Waals surface area contributed by atoms with Crippen LogP contribution >= 0.6 is 10.9 Å². The predicted molar refractivity (Wildman–Crippen MR) is 167 cm³/mol. The van der Waals surface area contributed by atoms with E-state index in [4.69, 9.17) is 0 Å². The molecule has 0 aliphatic heterocycles. The van der Waals surface area contributed by atoms with Crippen molar-refractivity contribution in [3.05, 3.63) is 162 Å². The summed E-state index contributed by atoms with van der Waals surface area (Å²) < 4.78 is 0. The molecule has 0 atom stereocenters. The van der Waals surface area contributed by atoms with Crippen LogP contribution in [0.25, 0.3) is 11.1 Å². The first-order valence-electron chi connectivity index (χ1n) is 13.7. The molecule has 0 fully saturated rings. The smallest absolute Gasteiger partial charge is 0.115 e. The number of thiol groups is 1. The Morgan fingerprint density at radius 3 is 1.29 bits per heavy atom. The van der Waals surface area contributed by atoms with Crippen molar-refractivity contribution in [2.24, 2.45) is 0 Å². The van der Waals surface area contributed by atoms with Crippen LogP contribution in [0.5, 0.6) is 23.0 Å². The zero-order valence-electron chi connectivity index (χ0n) is 22.5. The Hall–Kier alpha value is -5.13. The second-order valence-electron chi connectivity index (χ2n) is 10.5. The van der Waals surface area contributed by atoms with Crippen LogP contribution in [-0.4, -0.2) is 20.4 Å². The third-order valence-corrected chi connectivity index (χ3v) is 10.5. The van der Waals surface area contributed by atoms with Gasteiger partial charge in [0.2, 0.25) is 0 Å². The zero-order valence-corrected chi connectivity index (χ0v) is 23.4. The Labute approximate surface area is 246 Å². The summed E-state index contributed by atoms with van der Waals surface area (Å²) in [6.45, 7) is 0. The molecule has 0 heterocycles. The molecule has 0 bridgehead atoms. The lowest BCUT2D eigenvalue weighted by Gasteiger charge is -2.34. The fraction of sp³-hybridized carbons (Fsp3) is 0.0270. The van der Waals surface area contributed by atoms with Gasteiger partial charge in [0.1, 0.15) is 23.0 Å². The Bertz CT molecular complexity index is 1800. The molecule has 1 aliphatic carbocycles. The standard InChI is InChI=1S/C37H28O4S/c38-26-9-5-24(6-10-26)37(25-7-11-27(39)12-8-25)35-4-2-1-3-33(35)34-23-32(21-22-36(34)37)42(30-17-13-28(40)14-18-30)31-19-15-29(41)16-20-31/h1-23,38-42H. The molecule has 0 aromatic heterocycles. The van der Waals surface area contributed by atoms with Crippen molar-refractivity contribution in [3.63, 3.8) is 0 Å². The summed E-state index contributed by atoms with van der Waals surface area (Å²) in [5.41, 5.74) is 5.87. The molecule has 6 aromatic rings. The lowest BCUT2D eigenvalue weighted by atomic mass is 9.68. The van der Waals surface area contributed by atoms with Crippen LogP contribution in [0.3, 0.4) is 0 Å². The number of phenols is 4. The number of fused-ring (bicyclic) bond motifs is 3. The molecule has 0 unspecified atom stereocenters. The van der Waals surface area contributed by atoms with E-state index in [1.165, 1.54) is 0 Å². The maximum Gasteiger partial charge on any atom is 0.115 e. The Balaban J connectivity index is 1.50. The normalized spacial score (nSPS) is 13.3. The highest BCUT2D eigenvalue weighted by Gasteiger charge is 2.46. The molecule has 1 aliphatic rings. The van der Waals surface area contributed by atoms with Gasteiger partial charge in [-0.05, 0) is 133 Å². The summed E-state index contributed by atoms with van der Waals surface area (Å²) >= 11 is 0. The number of hydrogen-bond donors (Lipinski definition) is 5. The molecular weight excluding hydrogens is 540 g/mol. The van der Waals surface area contributed by atoms with Crippen molar-refractivity contribution < 1.29 is 20.4 Å². The Kier molecular flexibility index (Phi) is 6.18. The van der Waals surface area contributed by atoms with Gasteiger partial charge in [-0.15, -0.1) is 0 Å². The van der Waals surface area contributed by atoms with Crippen LogP contribution < -0.4 is 0 Å². The summed E-state index contributed by atoms with van der Waals surface area (Å²) in [5.74, 6) is 0.842. The van der Waals surface area contributed by atoms with E-state index in [0.717, 1.165) is 48.1 Å². The average Bonchev–Trinajstić information content (AvgIpc) is 3.31. The molecule has 0 spiro atoms. The summed E-state index contributed by atoms with van der Waals surface area (Å²) in [4.78, 5) is 3.31. The van der Waals surface area contributed by atoms with Crippen molar-refractivity contribution in [2.75, 3.05) is 0 Å². The monoisotopic (exact) mass is 568 g/mol. The second-order valence-corrected chi connectivity index (χ2v) is 12.7. The molecule has 0 amide bonds. The fourth-order valence-corrected chi connectivity index (χ4v) is 8.54. The van der Waals surface area contributed by atoms with Crippen molar-refractivity contribution in [1.29, 1.82) is 0 Å². The van der Waals surface area contributed by atoms with Gasteiger partial charge < -0.3 is 20.4 Å². The largest absolute Gasteiger partial charge is 0.508 e. The van der Waals surface area contributed by atoms with Crippen LogP contribution in [0.15, 0.2) is 154 Å². The van der Waals surface area contributed by atoms with E-state index in [9.17, 15) is 20.4 Å². The quantitative estimate of drug-likeness (QED) is 0.135. The third-order valence-electron chi connectivity index (χ3n) is 8.10. The van der Waals surface area contributed by atoms with Crippen molar-refractivity contribution in [3.8, 4) is 34.1 Å². The molecule has 4 nitrogen and oxygen atoms in total. The van der Waals surface area contributed by atoms with E-state index in [1.807, 2.05) is 48.5 Å². The van der Waals surface area contributed by atoms with E-state index >= 15 is 0 Å². The molecular formula is C37H28O4S. The number of aromatic hydroxyl groups is 4. The predicted octanol–water partition coefficient (Wildman–Crippen LogP) is 8.35. The first kappa shape index (κ1) is 25.8. The van der Waals surface area contributed by atoms with Gasteiger partial charge in [-0.2, -0.15) is 10.9 Å². The van der Waals surface area contributed by atoms with Crippen LogP contribution in [0.1, 0.15) is 22.3 Å². The lowest BCUT2D eigenvalue weighted by molar-refractivity contribution is 0.474. The van der Waals surface area contributed by atoms with Crippen molar-refractivity contribution in [1.82, 2.24) is 0 Å². The maximum absolute atomic E-state index is 10.2. The maximum atomic E-state index is 10.2. The molecule has 0 saturated heterocycles. The summed E-state index contributed by atoms with van der Waals surface area (Å²) in [6.07, 6.45) is 0. The minimum absolute atomic E-state index is 0.204. The van der Waals surface area contributed by atoms with Crippen LogP contribution in [0, 0.1) is 0 Å². The van der Waals surface area contributed by atoms with Crippen LogP contribution in [0.2, 0.25) is 0 Å². The van der Waals surface area contributed by atoms with Gasteiger partial charge in [0.15, 0.2) is 0 Å². The lowest BCUT2D eigenvalue weighted by Crippen LogP contribution is -2.28. The number of benzene rings is 6. The molecule has 4 N–H and O–H groups in total. The summed E-state index contributed by atoms with van der Waals surface area (Å²) in [6, 6.07) is 44.6. The van der Waals surface area contributed by atoms with Gasteiger partial charge in [0, 0.05) is 0 Å². The highest BCUT2D eigenvalue weighted by Crippen LogP contribution is 2.59. The molecule has 5 heteroatoms. The third kappa shape index (κ3) is 4.09. The van der Waals surface area contributed by atoms with Gasteiger partial charge in [0.25, 0.3) is 0 Å². The summed E-state index contributed by atoms with van der Waals surface area (Å²) in [5, 5.41) is 40.3. The van der Waals surface area contributed by atoms with E-state index in [1.54, 1.807) is 48.5 Å². The van der Waals surface area contributed by atoms with Gasteiger partial charge in [-0.25, -0.2) is 0 Å². The van der Waals surface area contributed by atoms with E-state index in [-0.39, 0.29) is 23.0 Å².